The van der Waals surface area contributed by atoms with E-state index < -0.39 is 0 Å². The van der Waals surface area contributed by atoms with Crippen LogP contribution in [0.5, 0.6) is 0 Å². The number of hydrogen-bond acceptors (Lipinski definition) is 4. The normalized spacial score (nSPS) is 15.7. The zero-order valence-corrected chi connectivity index (χ0v) is 13.3. The van der Waals surface area contributed by atoms with Crippen LogP contribution in [-0.4, -0.2) is 60.9 Å². The van der Waals surface area contributed by atoms with Gasteiger partial charge >= 0.3 is 0 Å². The number of terminal acetylenes is 1. The second-order valence-electron chi connectivity index (χ2n) is 5.57. The smallest absolute Gasteiger partial charge is 0.234 e. The van der Waals surface area contributed by atoms with Crippen molar-refractivity contribution >= 4 is 11.8 Å². The van der Waals surface area contributed by atoms with Gasteiger partial charge in [-0.2, -0.15) is 0 Å². The lowest BCUT2D eigenvalue weighted by Gasteiger charge is -2.21. The third-order valence-corrected chi connectivity index (χ3v) is 3.86. The first kappa shape index (κ1) is 17.1. The number of nitrogens with zero attached hydrogens (tertiary/aromatic N) is 2. The number of aryl methyl sites for hydroxylation is 1. The van der Waals surface area contributed by atoms with E-state index in [-0.39, 0.29) is 18.4 Å². The Morgan fingerprint density at radius 2 is 2.17 bits per heavy atom. The Balaban J connectivity index is 1.73. The van der Waals surface area contributed by atoms with Gasteiger partial charge in [0.1, 0.15) is 5.76 Å². The van der Waals surface area contributed by atoms with Crippen molar-refractivity contribution < 1.29 is 14.0 Å². The summed E-state index contributed by atoms with van der Waals surface area (Å²) in [4.78, 5) is 27.9. The number of carbonyl (C=O) groups is 2. The second kappa shape index (κ2) is 9.01. The lowest BCUT2D eigenvalue weighted by atomic mass is 10.2. The van der Waals surface area contributed by atoms with Crippen LogP contribution in [0.2, 0.25) is 0 Å². The molecule has 1 saturated heterocycles. The lowest BCUT2D eigenvalue weighted by molar-refractivity contribution is -0.131. The Labute approximate surface area is 136 Å². The van der Waals surface area contributed by atoms with Gasteiger partial charge in [-0.1, -0.05) is 5.92 Å². The molecule has 0 spiro atoms. The largest absolute Gasteiger partial charge is 0.469 e. The van der Waals surface area contributed by atoms with E-state index >= 15 is 0 Å². The van der Waals surface area contributed by atoms with Crippen molar-refractivity contribution in [3.05, 3.63) is 24.2 Å². The first-order chi connectivity index (χ1) is 11.2. The zero-order chi connectivity index (χ0) is 16.5. The molecule has 2 heterocycles. The fraction of sp³-hybridized carbons (Fsp3) is 0.529. The second-order valence-corrected chi connectivity index (χ2v) is 5.57. The Hall–Kier alpha value is -2.26. The first-order valence-corrected chi connectivity index (χ1v) is 7.91. The molecule has 0 aliphatic carbocycles. The molecule has 0 unspecified atom stereocenters. The summed E-state index contributed by atoms with van der Waals surface area (Å²) in [6.07, 6.45) is 8.69. The highest BCUT2D eigenvalue weighted by Crippen LogP contribution is 2.08. The maximum Gasteiger partial charge on any atom is 0.234 e. The summed E-state index contributed by atoms with van der Waals surface area (Å²) in [5, 5.41) is 2.66. The van der Waals surface area contributed by atoms with Crippen LogP contribution in [0.15, 0.2) is 22.8 Å². The van der Waals surface area contributed by atoms with Crippen molar-refractivity contribution in [2.45, 2.75) is 19.3 Å². The number of amides is 2. The molecule has 1 N–H and O–H groups in total. The molecule has 6 nitrogen and oxygen atoms in total. The van der Waals surface area contributed by atoms with Gasteiger partial charge in [-0.05, 0) is 18.6 Å². The van der Waals surface area contributed by atoms with Crippen LogP contribution in [-0.2, 0) is 16.0 Å². The minimum absolute atomic E-state index is 0.0689. The molecule has 2 amide bonds. The number of hydrogen-bond donors (Lipinski definition) is 1. The minimum Gasteiger partial charge on any atom is -0.469 e. The molecule has 0 aromatic carbocycles. The van der Waals surface area contributed by atoms with Gasteiger partial charge in [-0.3, -0.25) is 14.5 Å². The SMILES string of the molecule is C#CCNC(=O)CN1CCCN(C(=O)CCc2ccco2)CC1. The topological polar surface area (TPSA) is 65.8 Å². The molecule has 23 heavy (non-hydrogen) atoms. The average Bonchev–Trinajstić information content (AvgIpc) is 2.96. The third-order valence-electron chi connectivity index (χ3n) is 3.86. The highest BCUT2D eigenvalue weighted by Gasteiger charge is 2.20. The molecule has 2 rings (SSSR count). The van der Waals surface area contributed by atoms with Crippen LogP contribution in [0.3, 0.4) is 0 Å². The monoisotopic (exact) mass is 317 g/mol. The number of furan rings is 1. The fourth-order valence-electron chi connectivity index (χ4n) is 2.63. The van der Waals surface area contributed by atoms with Gasteiger partial charge in [0.15, 0.2) is 0 Å². The Morgan fingerprint density at radius 1 is 1.30 bits per heavy atom. The highest BCUT2D eigenvalue weighted by atomic mass is 16.3. The maximum absolute atomic E-state index is 12.3. The summed E-state index contributed by atoms with van der Waals surface area (Å²) in [6.45, 7) is 3.49. The molecule has 1 aromatic heterocycles. The Morgan fingerprint density at radius 3 is 2.91 bits per heavy atom. The summed E-state index contributed by atoms with van der Waals surface area (Å²) in [7, 11) is 0. The fourth-order valence-corrected chi connectivity index (χ4v) is 2.63. The molecule has 0 atom stereocenters. The molecule has 1 aromatic rings. The first-order valence-electron chi connectivity index (χ1n) is 7.91. The van der Waals surface area contributed by atoms with E-state index in [1.165, 1.54) is 0 Å². The van der Waals surface area contributed by atoms with E-state index in [0.29, 0.717) is 32.5 Å². The standard InChI is InChI=1S/C17H23N3O3/c1-2-8-18-16(21)14-19-9-4-10-20(12-11-19)17(22)7-6-15-5-3-13-23-15/h1,3,5,13H,4,6-12,14H2,(H,18,21). The predicted molar refractivity (Wildman–Crippen MR) is 86.5 cm³/mol. The summed E-state index contributed by atoms with van der Waals surface area (Å²) >= 11 is 0. The zero-order valence-electron chi connectivity index (χ0n) is 13.3. The molecule has 1 aliphatic rings. The molecular formula is C17H23N3O3. The highest BCUT2D eigenvalue weighted by molar-refractivity contribution is 5.78. The van der Waals surface area contributed by atoms with Crippen molar-refractivity contribution in [2.24, 2.45) is 0 Å². The van der Waals surface area contributed by atoms with Crippen LogP contribution in [0.4, 0.5) is 0 Å². The van der Waals surface area contributed by atoms with Crippen molar-refractivity contribution in [1.82, 2.24) is 15.1 Å². The molecule has 124 valence electrons. The molecule has 0 saturated carbocycles. The number of carbonyl (C=O) groups excluding carboxylic acids is 2. The van der Waals surface area contributed by atoms with Crippen LogP contribution in [0.25, 0.3) is 0 Å². The van der Waals surface area contributed by atoms with Gasteiger partial charge in [0.05, 0.1) is 19.4 Å². The van der Waals surface area contributed by atoms with Crippen molar-refractivity contribution in [1.29, 1.82) is 0 Å². The molecule has 1 aliphatic heterocycles. The van der Waals surface area contributed by atoms with E-state index in [1.807, 2.05) is 17.0 Å². The summed E-state index contributed by atoms with van der Waals surface area (Å²) in [5.41, 5.74) is 0. The molecule has 6 heteroatoms. The Bertz CT molecular complexity index is 548. The van der Waals surface area contributed by atoms with Crippen molar-refractivity contribution in [3.8, 4) is 12.3 Å². The number of nitrogens with one attached hydrogen (secondary N) is 1. The minimum atomic E-state index is -0.0689. The van der Waals surface area contributed by atoms with E-state index in [4.69, 9.17) is 10.8 Å². The van der Waals surface area contributed by atoms with Gasteiger partial charge in [-0.15, -0.1) is 6.42 Å². The molecule has 1 fully saturated rings. The Kier molecular flexibility index (Phi) is 6.70. The third kappa shape index (κ3) is 5.80. The quantitative estimate of drug-likeness (QED) is 0.776. The van der Waals surface area contributed by atoms with Gasteiger partial charge in [-0.25, -0.2) is 0 Å². The average molecular weight is 317 g/mol. The van der Waals surface area contributed by atoms with E-state index in [1.54, 1.807) is 6.26 Å². The summed E-state index contributed by atoms with van der Waals surface area (Å²) in [6, 6.07) is 3.71. The van der Waals surface area contributed by atoms with Gasteiger partial charge in [0.2, 0.25) is 11.8 Å². The van der Waals surface area contributed by atoms with E-state index in [9.17, 15) is 9.59 Å². The summed E-state index contributed by atoms with van der Waals surface area (Å²) < 4.78 is 5.25. The molecule has 0 radical (unpaired) electrons. The lowest BCUT2D eigenvalue weighted by Crippen LogP contribution is -2.40. The van der Waals surface area contributed by atoms with Gasteiger partial charge in [0, 0.05) is 39.0 Å². The van der Waals surface area contributed by atoms with Crippen molar-refractivity contribution in [2.75, 3.05) is 39.3 Å². The van der Waals surface area contributed by atoms with Crippen LogP contribution in [0.1, 0.15) is 18.6 Å². The summed E-state index contributed by atoms with van der Waals surface area (Å²) in [5.74, 6) is 3.29. The van der Waals surface area contributed by atoms with Crippen LogP contribution in [0, 0.1) is 12.3 Å². The van der Waals surface area contributed by atoms with Gasteiger partial charge < -0.3 is 14.6 Å². The van der Waals surface area contributed by atoms with E-state index in [0.717, 1.165) is 25.3 Å². The molecular weight excluding hydrogens is 294 g/mol. The van der Waals surface area contributed by atoms with Gasteiger partial charge in [0.25, 0.3) is 0 Å². The van der Waals surface area contributed by atoms with E-state index in [2.05, 4.69) is 16.1 Å². The maximum atomic E-state index is 12.3. The molecule has 0 bridgehead atoms. The van der Waals surface area contributed by atoms with Crippen LogP contribution < -0.4 is 5.32 Å². The van der Waals surface area contributed by atoms with Crippen molar-refractivity contribution in [3.63, 3.8) is 0 Å². The van der Waals surface area contributed by atoms with Crippen LogP contribution >= 0.6 is 0 Å². The predicted octanol–water partition coefficient (Wildman–Crippen LogP) is 0.496. The number of rotatable bonds is 6.